The number of allylic oxidation sites excluding steroid dienone is 6. The van der Waals surface area contributed by atoms with Gasteiger partial charge in [0.1, 0.15) is 0 Å². The first kappa shape index (κ1) is 11.2. The van der Waals surface area contributed by atoms with Crippen molar-refractivity contribution in [2.45, 2.75) is 32.3 Å². The molecule has 0 saturated carbocycles. The summed E-state index contributed by atoms with van der Waals surface area (Å²) in [4.78, 5) is 0. The first-order valence-corrected chi connectivity index (χ1v) is 5.80. The van der Waals surface area contributed by atoms with Crippen molar-refractivity contribution in [1.82, 2.24) is 0 Å². The van der Waals surface area contributed by atoms with E-state index < -0.39 is 0 Å². The van der Waals surface area contributed by atoms with Crippen LogP contribution in [-0.4, -0.2) is 16.3 Å². The van der Waals surface area contributed by atoms with E-state index in [1.54, 1.807) is 0 Å². The van der Waals surface area contributed by atoms with Crippen LogP contribution < -0.4 is 0 Å². The molecule has 2 nitrogen and oxygen atoms in total. The Hall–Kier alpha value is -1.28. The Morgan fingerprint density at radius 1 is 1.31 bits per heavy atom. The monoisotopic (exact) mass is 218 g/mol. The molecule has 0 bridgehead atoms. The molecule has 2 rings (SSSR count). The van der Waals surface area contributed by atoms with Crippen molar-refractivity contribution in [2.75, 3.05) is 0 Å². The summed E-state index contributed by atoms with van der Waals surface area (Å²) in [5.41, 5.74) is 2.18. The lowest BCUT2D eigenvalue weighted by molar-refractivity contribution is 0.225. The van der Waals surface area contributed by atoms with E-state index in [4.69, 9.17) is 0 Å². The molecule has 0 fully saturated rings. The summed E-state index contributed by atoms with van der Waals surface area (Å²) < 4.78 is 0. The molecule has 0 radical (unpaired) electrons. The van der Waals surface area contributed by atoms with Crippen LogP contribution in [0.3, 0.4) is 0 Å². The second-order valence-corrected chi connectivity index (χ2v) is 4.57. The van der Waals surface area contributed by atoms with Gasteiger partial charge >= 0.3 is 0 Å². The molecule has 0 aromatic heterocycles. The van der Waals surface area contributed by atoms with Gasteiger partial charge < -0.3 is 10.2 Å². The highest BCUT2D eigenvalue weighted by Gasteiger charge is 2.16. The predicted octanol–water partition coefficient (Wildman–Crippen LogP) is 3.03. The highest BCUT2D eigenvalue weighted by Crippen LogP contribution is 2.28. The Bertz CT molecular complexity index is 386. The van der Waals surface area contributed by atoms with Gasteiger partial charge in [-0.15, -0.1) is 0 Å². The number of aliphatic hydroxyl groups excluding tert-OH is 2. The maximum absolute atomic E-state index is 9.95. The van der Waals surface area contributed by atoms with Gasteiger partial charge in [-0.25, -0.2) is 0 Å². The van der Waals surface area contributed by atoms with Crippen LogP contribution in [0.25, 0.3) is 0 Å². The van der Waals surface area contributed by atoms with Gasteiger partial charge in [-0.05, 0) is 24.0 Å². The molecule has 2 heteroatoms. The van der Waals surface area contributed by atoms with Crippen molar-refractivity contribution in [3.05, 3.63) is 47.3 Å². The van der Waals surface area contributed by atoms with Gasteiger partial charge in [-0.1, -0.05) is 37.3 Å². The first-order valence-electron chi connectivity index (χ1n) is 5.80. The molecule has 2 aliphatic rings. The fraction of sp³-hybridized carbons (Fsp3) is 0.429. The summed E-state index contributed by atoms with van der Waals surface area (Å²) in [6, 6.07) is 0. The minimum atomic E-state index is -0.341. The lowest BCUT2D eigenvalue weighted by atomic mass is 9.90. The second kappa shape index (κ2) is 4.71. The highest BCUT2D eigenvalue weighted by molar-refractivity contribution is 5.36. The molecule has 2 aliphatic carbocycles. The topological polar surface area (TPSA) is 40.5 Å². The van der Waals surface area contributed by atoms with Gasteiger partial charge in [0.05, 0.1) is 11.9 Å². The third-order valence-corrected chi connectivity index (χ3v) is 3.15. The summed E-state index contributed by atoms with van der Waals surface area (Å²) >= 11 is 0. The third kappa shape index (κ3) is 2.45. The van der Waals surface area contributed by atoms with Crippen LogP contribution >= 0.6 is 0 Å². The largest absolute Gasteiger partial charge is 0.512 e. The summed E-state index contributed by atoms with van der Waals surface area (Å²) in [5, 5.41) is 19.3. The van der Waals surface area contributed by atoms with E-state index in [1.165, 1.54) is 5.57 Å². The molecular formula is C14H18O2. The van der Waals surface area contributed by atoms with E-state index in [1.807, 2.05) is 31.2 Å². The standard InChI is InChI=1S/C14H18O2/c1-10-3-2-4-12(14(10)16)9-11-5-7-13(15)8-6-11/h2,4-7,10,13,15-16H,3,8-9H2,1H3. The molecule has 0 aliphatic heterocycles. The van der Waals surface area contributed by atoms with Crippen LogP contribution in [0, 0.1) is 5.92 Å². The van der Waals surface area contributed by atoms with E-state index in [9.17, 15) is 10.2 Å². The summed E-state index contributed by atoms with van der Waals surface area (Å²) in [6.07, 6.45) is 11.9. The number of aliphatic hydroxyl groups is 2. The van der Waals surface area contributed by atoms with Crippen LogP contribution in [0.15, 0.2) is 47.3 Å². The minimum Gasteiger partial charge on any atom is -0.512 e. The number of hydrogen-bond acceptors (Lipinski definition) is 2. The van der Waals surface area contributed by atoms with Crippen molar-refractivity contribution in [3.63, 3.8) is 0 Å². The van der Waals surface area contributed by atoms with Crippen LogP contribution in [0.1, 0.15) is 26.2 Å². The molecule has 0 amide bonds. The molecule has 86 valence electrons. The molecule has 0 spiro atoms. The average molecular weight is 218 g/mol. The quantitative estimate of drug-likeness (QED) is 0.748. The fourth-order valence-corrected chi connectivity index (χ4v) is 2.08. The lowest BCUT2D eigenvalue weighted by Crippen LogP contribution is -2.07. The van der Waals surface area contributed by atoms with Crippen LogP contribution in [0.2, 0.25) is 0 Å². The Morgan fingerprint density at radius 2 is 2.12 bits per heavy atom. The normalized spacial score (nSPS) is 29.5. The van der Waals surface area contributed by atoms with Gasteiger partial charge in [0.15, 0.2) is 0 Å². The molecule has 2 unspecified atom stereocenters. The van der Waals surface area contributed by atoms with Crippen molar-refractivity contribution in [1.29, 1.82) is 0 Å². The summed E-state index contributed by atoms with van der Waals surface area (Å²) in [5.74, 6) is 0.752. The Kier molecular flexibility index (Phi) is 3.30. The van der Waals surface area contributed by atoms with E-state index >= 15 is 0 Å². The highest BCUT2D eigenvalue weighted by atomic mass is 16.3. The SMILES string of the molecule is CC1CC=CC(CC2=CCC(O)C=C2)=C1O. The van der Waals surface area contributed by atoms with Gasteiger partial charge in [-0.3, -0.25) is 0 Å². The molecular weight excluding hydrogens is 200 g/mol. The molecule has 0 aromatic carbocycles. The van der Waals surface area contributed by atoms with Crippen molar-refractivity contribution >= 4 is 0 Å². The van der Waals surface area contributed by atoms with Crippen LogP contribution in [0.4, 0.5) is 0 Å². The van der Waals surface area contributed by atoms with Crippen LogP contribution in [0.5, 0.6) is 0 Å². The molecule has 2 atom stereocenters. The maximum Gasteiger partial charge on any atom is 0.0988 e. The lowest BCUT2D eigenvalue weighted by Gasteiger charge is -2.18. The van der Waals surface area contributed by atoms with Crippen LogP contribution in [-0.2, 0) is 0 Å². The van der Waals surface area contributed by atoms with Crippen molar-refractivity contribution in [2.24, 2.45) is 5.92 Å². The summed E-state index contributed by atoms with van der Waals surface area (Å²) in [6.45, 7) is 2.04. The van der Waals surface area contributed by atoms with Gasteiger partial charge in [0.2, 0.25) is 0 Å². The number of hydrogen-bond donors (Lipinski definition) is 2. The molecule has 16 heavy (non-hydrogen) atoms. The van der Waals surface area contributed by atoms with E-state index in [0.29, 0.717) is 12.2 Å². The Labute approximate surface area is 96.3 Å². The smallest absolute Gasteiger partial charge is 0.0988 e. The Balaban J connectivity index is 2.08. The minimum absolute atomic E-state index is 0.235. The predicted molar refractivity (Wildman–Crippen MR) is 65.0 cm³/mol. The second-order valence-electron chi connectivity index (χ2n) is 4.57. The first-order chi connectivity index (χ1) is 7.66. The maximum atomic E-state index is 9.95. The molecule has 2 N–H and O–H groups in total. The van der Waals surface area contributed by atoms with Gasteiger partial charge in [-0.2, -0.15) is 0 Å². The third-order valence-electron chi connectivity index (χ3n) is 3.15. The number of rotatable bonds is 2. The molecule has 0 aromatic rings. The average Bonchev–Trinajstić information content (AvgIpc) is 2.28. The van der Waals surface area contributed by atoms with E-state index in [0.717, 1.165) is 18.4 Å². The van der Waals surface area contributed by atoms with Gasteiger partial charge in [0.25, 0.3) is 0 Å². The van der Waals surface area contributed by atoms with E-state index in [2.05, 4.69) is 6.08 Å². The molecule has 0 heterocycles. The van der Waals surface area contributed by atoms with Crippen molar-refractivity contribution in [3.8, 4) is 0 Å². The summed E-state index contributed by atoms with van der Waals surface area (Å²) in [7, 11) is 0. The zero-order chi connectivity index (χ0) is 11.5. The van der Waals surface area contributed by atoms with Crippen molar-refractivity contribution < 1.29 is 10.2 Å². The van der Waals surface area contributed by atoms with Gasteiger partial charge in [0, 0.05) is 12.3 Å². The fourth-order valence-electron chi connectivity index (χ4n) is 2.08. The molecule has 0 saturated heterocycles. The van der Waals surface area contributed by atoms with E-state index in [-0.39, 0.29) is 12.0 Å². The zero-order valence-electron chi connectivity index (χ0n) is 9.56. The zero-order valence-corrected chi connectivity index (χ0v) is 9.56. The Morgan fingerprint density at radius 3 is 2.81 bits per heavy atom.